The highest BCUT2D eigenvalue weighted by atomic mass is 32.2. The number of carbonyl (C=O) groups is 2. The molecule has 2 saturated heterocycles. The SMILES string of the molecule is CN(C)CCN1C(=O)C(=O)/C(=C(\O)c2ccc(S(=O)(=O)N3CCOCC3)cc2)C1c1ccc([N+](=O)[O-])cc1. The highest BCUT2D eigenvalue weighted by Crippen LogP contribution is 2.39. The van der Waals surface area contributed by atoms with Crippen molar-refractivity contribution in [3.8, 4) is 0 Å². The first kappa shape index (κ1) is 27.4. The maximum atomic E-state index is 13.1. The maximum absolute atomic E-state index is 13.1. The molecule has 12 nitrogen and oxygen atoms in total. The van der Waals surface area contributed by atoms with Crippen molar-refractivity contribution in [2.75, 3.05) is 53.5 Å². The second-order valence-electron chi connectivity index (χ2n) is 9.19. The van der Waals surface area contributed by atoms with Crippen molar-refractivity contribution in [2.24, 2.45) is 0 Å². The molecule has 0 saturated carbocycles. The summed E-state index contributed by atoms with van der Waals surface area (Å²) in [5, 5.41) is 22.3. The molecule has 0 aliphatic carbocycles. The van der Waals surface area contributed by atoms with Crippen LogP contribution in [0.3, 0.4) is 0 Å². The number of carbonyl (C=O) groups excluding carboxylic acids is 2. The molecule has 2 aromatic carbocycles. The fraction of sp³-hybridized carbons (Fsp3) is 0.360. The van der Waals surface area contributed by atoms with Crippen molar-refractivity contribution in [3.63, 3.8) is 0 Å². The molecule has 4 rings (SSSR count). The van der Waals surface area contributed by atoms with E-state index in [0.717, 1.165) is 0 Å². The summed E-state index contributed by atoms with van der Waals surface area (Å²) in [6.45, 7) is 1.67. The van der Waals surface area contributed by atoms with Crippen LogP contribution in [0.25, 0.3) is 5.76 Å². The normalized spacial score (nSPS) is 20.3. The third-order valence-electron chi connectivity index (χ3n) is 6.48. The van der Waals surface area contributed by atoms with Crippen LogP contribution in [0.1, 0.15) is 17.2 Å². The Morgan fingerprint density at radius 3 is 2.24 bits per heavy atom. The van der Waals surface area contributed by atoms with E-state index >= 15 is 0 Å². The molecule has 0 spiro atoms. The van der Waals surface area contributed by atoms with Crippen LogP contribution in [0, 0.1) is 10.1 Å². The Hall–Kier alpha value is -3.65. The van der Waals surface area contributed by atoms with E-state index in [4.69, 9.17) is 4.74 Å². The number of morpholine rings is 1. The number of likely N-dealkylation sites (tertiary alicyclic amines) is 1. The molecule has 0 radical (unpaired) electrons. The van der Waals surface area contributed by atoms with Gasteiger partial charge in [-0.05, 0) is 56.1 Å². The Balaban J connectivity index is 1.74. The number of nitro benzene ring substituents is 1. The molecule has 1 unspecified atom stereocenters. The van der Waals surface area contributed by atoms with Crippen molar-refractivity contribution < 1.29 is 32.8 Å². The molecule has 0 aromatic heterocycles. The number of aliphatic hydroxyl groups is 1. The molecular formula is C25H28N4O8S. The Bertz CT molecular complexity index is 1370. The fourth-order valence-corrected chi connectivity index (χ4v) is 5.83. The topological polar surface area (TPSA) is 151 Å². The lowest BCUT2D eigenvalue weighted by atomic mass is 9.95. The van der Waals surface area contributed by atoms with Crippen LogP contribution < -0.4 is 0 Å². The highest BCUT2D eigenvalue weighted by Gasteiger charge is 2.46. The van der Waals surface area contributed by atoms with Crippen LogP contribution in [0.2, 0.25) is 0 Å². The van der Waals surface area contributed by atoms with E-state index in [-0.39, 0.29) is 41.4 Å². The van der Waals surface area contributed by atoms with E-state index in [1.54, 1.807) is 0 Å². The molecule has 2 aliphatic rings. The van der Waals surface area contributed by atoms with E-state index in [1.165, 1.54) is 57.7 Å². The average molecular weight is 545 g/mol. The summed E-state index contributed by atoms with van der Waals surface area (Å²) in [5.41, 5.74) is 0.243. The van der Waals surface area contributed by atoms with E-state index in [2.05, 4.69) is 0 Å². The van der Waals surface area contributed by atoms with Gasteiger partial charge in [-0.15, -0.1) is 0 Å². The lowest BCUT2D eigenvalue weighted by molar-refractivity contribution is -0.384. The number of Topliss-reactive ketones (excluding diaryl/α,β-unsaturated/α-hetero) is 1. The van der Waals surface area contributed by atoms with Gasteiger partial charge in [-0.1, -0.05) is 0 Å². The number of aliphatic hydroxyl groups excluding tert-OH is 1. The minimum absolute atomic E-state index is 0.0225. The van der Waals surface area contributed by atoms with Gasteiger partial charge in [-0.2, -0.15) is 4.31 Å². The molecule has 38 heavy (non-hydrogen) atoms. The molecule has 1 amide bonds. The number of hydrogen-bond acceptors (Lipinski definition) is 9. The first-order chi connectivity index (χ1) is 18.0. The number of non-ortho nitro benzene ring substituents is 1. The monoisotopic (exact) mass is 544 g/mol. The van der Waals surface area contributed by atoms with E-state index in [0.29, 0.717) is 25.3 Å². The Morgan fingerprint density at radius 1 is 1.08 bits per heavy atom. The van der Waals surface area contributed by atoms with Crippen molar-refractivity contribution in [2.45, 2.75) is 10.9 Å². The number of sulfonamides is 1. The molecule has 202 valence electrons. The highest BCUT2D eigenvalue weighted by molar-refractivity contribution is 7.89. The largest absolute Gasteiger partial charge is 0.507 e. The van der Waals surface area contributed by atoms with Crippen LogP contribution in [0.15, 0.2) is 59.0 Å². The molecule has 2 fully saturated rings. The van der Waals surface area contributed by atoms with Gasteiger partial charge in [-0.3, -0.25) is 19.7 Å². The van der Waals surface area contributed by atoms with E-state index in [9.17, 15) is 33.2 Å². The first-order valence-corrected chi connectivity index (χ1v) is 13.3. The predicted molar refractivity (Wildman–Crippen MR) is 137 cm³/mol. The number of rotatable bonds is 8. The van der Waals surface area contributed by atoms with Crippen molar-refractivity contribution >= 4 is 33.2 Å². The van der Waals surface area contributed by atoms with Crippen molar-refractivity contribution in [1.29, 1.82) is 0 Å². The van der Waals surface area contributed by atoms with Gasteiger partial charge in [-0.25, -0.2) is 8.42 Å². The average Bonchev–Trinajstić information content (AvgIpc) is 3.17. The smallest absolute Gasteiger partial charge is 0.295 e. The van der Waals surface area contributed by atoms with Gasteiger partial charge in [0.2, 0.25) is 10.0 Å². The standard InChI is InChI=1S/C25H28N4O8S/c1-26(2)11-12-28-22(17-3-7-19(8-4-17)29(33)34)21(24(31)25(28)32)23(30)18-5-9-20(10-6-18)38(35,36)27-13-15-37-16-14-27/h3-10,22,30H,11-16H2,1-2H3/b23-21-. The minimum Gasteiger partial charge on any atom is -0.507 e. The van der Waals surface area contributed by atoms with Gasteiger partial charge in [0.15, 0.2) is 0 Å². The van der Waals surface area contributed by atoms with E-state index in [1.807, 2.05) is 19.0 Å². The maximum Gasteiger partial charge on any atom is 0.295 e. The number of ether oxygens (including phenoxy) is 1. The number of amides is 1. The van der Waals surface area contributed by atoms with Gasteiger partial charge >= 0.3 is 0 Å². The molecule has 13 heteroatoms. The molecular weight excluding hydrogens is 516 g/mol. The van der Waals surface area contributed by atoms with Crippen LogP contribution in [0.4, 0.5) is 5.69 Å². The fourth-order valence-electron chi connectivity index (χ4n) is 4.42. The number of likely N-dealkylation sites (N-methyl/N-ethyl adjacent to an activating group) is 1. The zero-order chi connectivity index (χ0) is 27.6. The number of nitrogens with zero attached hydrogens (tertiary/aromatic N) is 4. The summed E-state index contributed by atoms with van der Waals surface area (Å²) < 4.78 is 32.4. The van der Waals surface area contributed by atoms with Crippen LogP contribution >= 0.6 is 0 Å². The number of nitro groups is 1. The number of benzene rings is 2. The zero-order valence-corrected chi connectivity index (χ0v) is 21.8. The summed E-state index contributed by atoms with van der Waals surface area (Å²) in [5.74, 6) is -2.16. The third-order valence-corrected chi connectivity index (χ3v) is 8.40. The van der Waals surface area contributed by atoms with Gasteiger partial charge < -0.3 is 19.6 Å². The summed E-state index contributed by atoms with van der Waals surface area (Å²) in [4.78, 5) is 39.9. The summed E-state index contributed by atoms with van der Waals surface area (Å²) in [6, 6.07) is 9.88. The molecule has 1 atom stereocenters. The lowest BCUT2D eigenvalue weighted by Crippen LogP contribution is -2.40. The molecule has 2 heterocycles. The number of hydrogen-bond donors (Lipinski definition) is 1. The first-order valence-electron chi connectivity index (χ1n) is 11.9. The van der Waals surface area contributed by atoms with Crippen LogP contribution in [0.5, 0.6) is 0 Å². The lowest BCUT2D eigenvalue weighted by Gasteiger charge is -2.26. The van der Waals surface area contributed by atoms with Crippen molar-refractivity contribution in [3.05, 3.63) is 75.3 Å². The molecule has 2 aromatic rings. The quantitative estimate of drug-likeness (QED) is 0.172. The molecule has 0 bridgehead atoms. The van der Waals surface area contributed by atoms with Gasteiger partial charge in [0.05, 0.1) is 34.6 Å². The Kier molecular flexibility index (Phi) is 7.92. The Morgan fingerprint density at radius 2 is 1.68 bits per heavy atom. The van der Waals surface area contributed by atoms with Crippen LogP contribution in [-0.2, 0) is 24.3 Å². The van der Waals surface area contributed by atoms with E-state index < -0.39 is 38.4 Å². The molecule has 1 N–H and O–H groups in total. The minimum atomic E-state index is -3.77. The van der Waals surface area contributed by atoms with Crippen molar-refractivity contribution in [1.82, 2.24) is 14.1 Å². The second kappa shape index (κ2) is 11.0. The summed E-state index contributed by atoms with van der Waals surface area (Å²) >= 11 is 0. The summed E-state index contributed by atoms with van der Waals surface area (Å²) in [6.07, 6.45) is 0. The predicted octanol–water partition coefficient (Wildman–Crippen LogP) is 1.60. The van der Waals surface area contributed by atoms with Gasteiger partial charge in [0, 0.05) is 43.9 Å². The van der Waals surface area contributed by atoms with Gasteiger partial charge in [0.1, 0.15) is 5.76 Å². The molecule has 2 aliphatic heterocycles. The Labute approximate surface area is 219 Å². The summed E-state index contributed by atoms with van der Waals surface area (Å²) in [7, 11) is -0.147. The third kappa shape index (κ3) is 5.31. The van der Waals surface area contributed by atoms with Gasteiger partial charge in [0.25, 0.3) is 17.4 Å². The zero-order valence-electron chi connectivity index (χ0n) is 20.9. The van der Waals surface area contributed by atoms with Crippen LogP contribution in [-0.4, -0.2) is 97.7 Å². The number of ketones is 1. The second-order valence-corrected chi connectivity index (χ2v) is 11.1.